The third-order valence-electron chi connectivity index (χ3n) is 4.24. The monoisotopic (exact) mass is 342 g/mol. The van der Waals surface area contributed by atoms with Crippen LogP contribution >= 0.6 is 0 Å². The smallest absolute Gasteiger partial charge is 0.159 e. The number of hydrogen-bond acceptors (Lipinski definition) is 6. The Hall–Kier alpha value is -3.41. The van der Waals surface area contributed by atoms with Gasteiger partial charge in [-0.3, -0.25) is 9.97 Å². The van der Waals surface area contributed by atoms with Crippen LogP contribution in [-0.4, -0.2) is 24.9 Å². The van der Waals surface area contributed by atoms with Crippen molar-refractivity contribution in [3.8, 4) is 11.4 Å². The minimum absolute atomic E-state index is 0.0111. The van der Waals surface area contributed by atoms with E-state index in [1.54, 1.807) is 18.6 Å². The van der Waals surface area contributed by atoms with Crippen LogP contribution in [0.3, 0.4) is 0 Å². The van der Waals surface area contributed by atoms with Crippen LogP contribution in [0.1, 0.15) is 24.2 Å². The molecule has 0 saturated heterocycles. The van der Waals surface area contributed by atoms with Crippen LogP contribution in [0.25, 0.3) is 22.4 Å². The van der Waals surface area contributed by atoms with Gasteiger partial charge in [0.2, 0.25) is 0 Å². The average molecular weight is 342 g/mol. The van der Waals surface area contributed by atoms with E-state index >= 15 is 0 Å². The quantitative estimate of drug-likeness (QED) is 0.605. The Bertz CT molecular complexity index is 1050. The molecule has 3 aromatic heterocycles. The van der Waals surface area contributed by atoms with Crippen molar-refractivity contribution in [3.05, 3.63) is 72.4 Å². The van der Waals surface area contributed by atoms with Crippen LogP contribution in [0.2, 0.25) is 0 Å². The molecule has 4 rings (SSSR count). The maximum atomic E-state index is 4.64. The molecule has 6 nitrogen and oxygen atoms in total. The number of aromatic nitrogens is 5. The van der Waals surface area contributed by atoms with Gasteiger partial charge in [0.15, 0.2) is 5.82 Å². The zero-order valence-electron chi connectivity index (χ0n) is 14.6. The summed E-state index contributed by atoms with van der Waals surface area (Å²) < 4.78 is 0. The molecule has 0 aliphatic carbocycles. The first kappa shape index (κ1) is 16.1. The lowest BCUT2D eigenvalue weighted by Crippen LogP contribution is -2.11. The molecule has 0 unspecified atom stereocenters. The highest BCUT2D eigenvalue weighted by Crippen LogP contribution is 2.22. The van der Waals surface area contributed by atoms with E-state index < -0.39 is 0 Å². The maximum absolute atomic E-state index is 4.64. The lowest BCUT2D eigenvalue weighted by Gasteiger charge is -2.17. The number of anilines is 1. The first-order chi connectivity index (χ1) is 12.7. The van der Waals surface area contributed by atoms with Crippen LogP contribution < -0.4 is 5.32 Å². The van der Waals surface area contributed by atoms with E-state index in [9.17, 15) is 0 Å². The van der Waals surface area contributed by atoms with Crippen LogP contribution in [0.4, 0.5) is 5.82 Å². The largest absolute Gasteiger partial charge is 0.362 e. The Morgan fingerprint density at radius 1 is 0.885 bits per heavy atom. The van der Waals surface area contributed by atoms with Gasteiger partial charge in [-0.2, -0.15) is 0 Å². The third-order valence-corrected chi connectivity index (χ3v) is 4.24. The summed E-state index contributed by atoms with van der Waals surface area (Å²) in [7, 11) is 0. The lowest BCUT2D eigenvalue weighted by molar-refractivity contribution is 0.838. The minimum atomic E-state index is 0.0111. The van der Waals surface area contributed by atoms with Crippen molar-refractivity contribution in [2.75, 3.05) is 5.32 Å². The topological polar surface area (TPSA) is 76.5 Å². The molecule has 0 aliphatic rings. The van der Waals surface area contributed by atoms with Crippen LogP contribution in [0.15, 0.2) is 61.2 Å². The summed E-state index contributed by atoms with van der Waals surface area (Å²) in [4.78, 5) is 22.2. The van der Waals surface area contributed by atoms with Crippen molar-refractivity contribution in [2.24, 2.45) is 0 Å². The molecule has 0 aliphatic heterocycles. The molecular weight excluding hydrogens is 324 g/mol. The number of rotatable bonds is 4. The second-order valence-electron chi connectivity index (χ2n) is 6.08. The zero-order chi connectivity index (χ0) is 17.9. The molecule has 0 fully saturated rings. The highest BCUT2D eigenvalue weighted by Gasteiger charge is 2.13. The molecule has 1 N–H and O–H groups in total. The second kappa shape index (κ2) is 6.84. The van der Waals surface area contributed by atoms with E-state index in [2.05, 4.69) is 37.2 Å². The van der Waals surface area contributed by atoms with E-state index in [4.69, 9.17) is 0 Å². The van der Waals surface area contributed by atoms with Gasteiger partial charge >= 0.3 is 0 Å². The molecule has 0 spiro atoms. The summed E-state index contributed by atoms with van der Waals surface area (Å²) in [5.41, 5.74) is 4.66. The number of hydrogen-bond donors (Lipinski definition) is 1. The van der Waals surface area contributed by atoms with E-state index in [0.717, 1.165) is 33.7 Å². The normalized spacial score (nSPS) is 12.1. The number of nitrogens with one attached hydrogen (secondary N) is 1. The Labute approximate surface area is 151 Å². The Morgan fingerprint density at radius 2 is 1.65 bits per heavy atom. The van der Waals surface area contributed by atoms with Crippen molar-refractivity contribution in [2.45, 2.75) is 19.9 Å². The van der Waals surface area contributed by atoms with Crippen molar-refractivity contribution in [1.82, 2.24) is 24.9 Å². The van der Waals surface area contributed by atoms with E-state index in [1.807, 2.05) is 49.5 Å². The van der Waals surface area contributed by atoms with E-state index in [0.29, 0.717) is 5.82 Å². The van der Waals surface area contributed by atoms with Crippen LogP contribution in [0.5, 0.6) is 0 Å². The van der Waals surface area contributed by atoms with Gasteiger partial charge in [0.25, 0.3) is 0 Å². The van der Waals surface area contributed by atoms with E-state index in [1.165, 1.54) is 0 Å². The fourth-order valence-corrected chi connectivity index (χ4v) is 2.87. The number of fused-ring (bicyclic) bond motifs is 1. The molecule has 0 bridgehead atoms. The van der Waals surface area contributed by atoms with Gasteiger partial charge in [0.1, 0.15) is 5.82 Å². The molecule has 1 atom stereocenters. The van der Waals surface area contributed by atoms with Crippen LogP contribution in [-0.2, 0) is 0 Å². The SMILES string of the molecule is Cc1nc(-c2ccncc2)ncc1[C@H](C)Nc1cnc2ccccc2n1. The molecule has 4 aromatic rings. The zero-order valence-corrected chi connectivity index (χ0v) is 14.6. The maximum Gasteiger partial charge on any atom is 0.159 e. The predicted octanol–water partition coefficient (Wildman–Crippen LogP) is 3.96. The molecule has 0 radical (unpaired) electrons. The van der Waals surface area contributed by atoms with Crippen molar-refractivity contribution < 1.29 is 0 Å². The second-order valence-corrected chi connectivity index (χ2v) is 6.08. The third kappa shape index (κ3) is 3.21. The summed E-state index contributed by atoms with van der Waals surface area (Å²) in [6, 6.07) is 11.6. The molecule has 0 amide bonds. The molecule has 3 heterocycles. The number of para-hydroxylation sites is 2. The molecular formula is C20H18N6. The van der Waals surface area contributed by atoms with Crippen molar-refractivity contribution in [3.63, 3.8) is 0 Å². The molecule has 26 heavy (non-hydrogen) atoms. The number of aryl methyl sites for hydroxylation is 1. The highest BCUT2D eigenvalue weighted by molar-refractivity contribution is 5.75. The van der Waals surface area contributed by atoms with Gasteiger partial charge in [-0.25, -0.2) is 15.0 Å². The van der Waals surface area contributed by atoms with Crippen molar-refractivity contribution in [1.29, 1.82) is 0 Å². The fourth-order valence-electron chi connectivity index (χ4n) is 2.87. The average Bonchev–Trinajstić information content (AvgIpc) is 2.68. The molecule has 6 heteroatoms. The summed E-state index contributed by atoms with van der Waals surface area (Å²) in [6.07, 6.45) is 7.10. The Balaban J connectivity index is 1.58. The number of nitrogens with zero attached hydrogens (tertiary/aromatic N) is 5. The molecule has 1 aromatic carbocycles. The number of pyridine rings is 1. The van der Waals surface area contributed by atoms with Gasteiger partial charge in [-0.05, 0) is 38.1 Å². The summed E-state index contributed by atoms with van der Waals surface area (Å²) >= 11 is 0. The van der Waals surface area contributed by atoms with Gasteiger partial charge in [0, 0.05) is 35.4 Å². The van der Waals surface area contributed by atoms with Gasteiger partial charge < -0.3 is 5.32 Å². The highest BCUT2D eigenvalue weighted by atomic mass is 15.0. The predicted molar refractivity (Wildman–Crippen MR) is 102 cm³/mol. The Kier molecular flexibility index (Phi) is 4.23. The van der Waals surface area contributed by atoms with E-state index in [-0.39, 0.29) is 6.04 Å². The Morgan fingerprint density at radius 3 is 2.42 bits per heavy atom. The fraction of sp³-hybridized carbons (Fsp3) is 0.150. The number of benzene rings is 1. The van der Waals surface area contributed by atoms with Gasteiger partial charge in [-0.15, -0.1) is 0 Å². The van der Waals surface area contributed by atoms with Gasteiger partial charge in [-0.1, -0.05) is 12.1 Å². The van der Waals surface area contributed by atoms with Crippen molar-refractivity contribution >= 4 is 16.9 Å². The van der Waals surface area contributed by atoms with Gasteiger partial charge in [0.05, 0.1) is 23.3 Å². The first-order valence-electron chi connectivity index (χ1n) is 8.43. The first-order valence-corrected chi connectivity index (χ1v) is 8.43. The molecule has 0 saturated carbocycles. The summed E-state index contributed by atoms with van der Waals surface area (Å²) in [5, 5.41) is 3.39. The van der Waals surface area contributed by atoms with Crippen LogP contribution in [0, 0.1) is 6.92 Å². The minimum Gasteiger partial charge on any atom is -0.362 e. The summed E-state index contributed by atoms with van der Waals surface area (Å²) in [5.74, 6) is 1.43. The molecule has 128 valence electrons. The lowest BCUT2D eigenvalue weighted by atomic mass is 10.1. The summed E-state index contributed by atoms with van der Waals surface area (Å²) in [6.45, 7) is 4.06. The standard InChI is InChI=1S/C20H18N6/c1-13(24-19-12-22-17-5-3-4-6-18(17)26-19)16-11-23-20(25-14(16)2)15-7-9-21-10-8-15/h3-13H,1-2H3,(H,24,26)/t13-/m0/s1.